The summed E-state index contributed by atoms with van der Waals surface area (Å²) in [7, 11) is 0. The summed E-state index contributed by atoms with van der Waals surface area (Å²) in [6.07, 6.45) is 1.41. The highest BCUT2D eigenvalue weighted by Gasteiger charge is 2.14. The average molecular weight is 488 g/mol. The molecule has 5 aromatic rings. The molecule has 0 saturated carbocycles. The third-order valence-corrected chi connectivity index (χ3v) is 6.34. The van der Waals surface area contributed by atoms with Gasteiger partial charge >= 0.3 is 0 Å². The van der Waals surface area contributed by atoms with Gasteiger partial charge in [0.25, 0.3) is 5.56 Å². The Bertz CT molecular complexity index is 1510. The van der Waals surface area contributed by atoms with Crippen LogP contribution in [0.3, 0.4) is 0 Å². The molecule has 8 heteroatoms. The van der Waals surface area contributed by atoms with Gasteiger partial charge in [-0.15, -0.1) is 11.3 Å². The number of rotatable bonds is 6. The molecule has 0 aliphatic heterocycles. The summed E-state index contributed by atoms with van der Waals surface area (Å²) in [6.45, 7) is -0.141. The van der Waals surface area contributed by atoms with Gasteiger partial charge in [0.2, 0.25) is 5.91 Å². The second-order valence-corrected chi connectivity index (χ2v) is 8.82. The van der Waals surface area contributed by atoms with Crippen molar-refractivity contribution in [1.82, 2.24) is 9.55 Å². The zero-order valence-electron chi connectivity index (χ0n) is 17.8. The Labute approximate surface area is 204 Å². The quantitative estimate of drug-likeness (QED) is 0.309. The topological polar surface area (TPSA) is 73.2 Å². The zero-order chi connectivity index (χ0) is 23.5. The Hall–Kier alpha value is -3.94. The number of halogens is 1. The lowest BCUT2D eigenvalue weighted by atomic mass is 10.1. The van der Waals surface area contributed by atoms with Crippen LogP contribution in [0.1, 0.15) is 0 Å². The van der Waals surface area contributed by atoms with Gasteiger partial charge in [0.15, 0.2) is 0 Å². The number of thiophene rings is 1. The molecule has 34 heavy (non-hydrogen) atoms. The van der Waals surface area contributed by atoms with Crippen molar-refractivity contribution in [1.29, 1.82) is 0 Å². The lowest BCUT2D eigenvalue weighted by Crippen LogP contribution is -2.27. The second-order valence-electron chi connectivity index (χ2n) is 7.50. The summed E-state index contributed by atoms with van der Waals surface area (Å²) < 4.78 is 7.57. The molecule has 1 N–H and O–H groups in total. The van der Waals surface area contributed by atoms with Crippen molar-refractivity contribution < 1.29 is 9.53 Å². The van der Waals surface area contributed by atoms with Gasteiger partial charge in [0.1, 0.15) is 22.7 Å². The Kier molecular flexibility index (Phi) is 6.12. The monoisotopic (exact) mass is 487 g/mol. The van der Waals surface area contributed by atoms with E-state index in [4.69, 9.17) is 16.3 Å². The normalized spacial score (nSPS) is 10.9. The largest absolute Gasteiger partial charge is 0.457 e. The molecule has 0 aliphatic rings. The Morgan fingerprint density at radius 2 is 1.68 bits per heavy atom. The maximum atomic E-state index is 12.9. The number of carbonyl (C=O) groups is 1. The van der Waals surface area contributed by atoms with Gasteiger partial charge in [0, 0.05) is 21.7 Å². The highest BCUT2D eigenvalue weighted by molar-refractivity contribution is 7.17. The van der Waals surface area contributed by atoms with Gasteiger partial charge in [-0.1, -0.05) is 41.9 Å². The first kappa shape index (κ1) is 21.9. The van der Waals surface area contributed by atoms with Crippen LogP contribution in [0.25, 0.3) is 21.3 Å². The van der Waals surface area contributed by atoms with Crippen molar-refractivity contribution >= 4 is 44.7 Å². The van der Waals surface area contributed by atoms with Gasteiger partial charge < -0.3 is 10.1 Å². The fourth-order valence-corrected chi connectivity index (χ4v) is 4.58. The summed E-state index contributed by atoms with van der Waals surface area (Å²) in [5.41, 5.74) is 2.76. The first-order chi connectivity index (χ1) is 16.6. The van der Waals surface area contributed by atoms with Crippen molar-refractivity contribution in [2.24, 2.45) is 0 Å². The number of benzene rings is 3. The molecule has 0 aliphatic carbocycles. The van der Waals surface area contributed by atoms with E-state index < -0.39 is 0 Å². The third-order valence-electron chi connectivity index (χ3n) is 5.13. The molecule has 0 unspecified atom stereocenters. The standard InChI is InChI=1S/C26H18ClN3O3S/c27-18-8-6-17(7-9-18)22-15-34-25-24(22)28-16-30(26(25)32)14-23(31)29-19-10-12-21(13-11-19)33-20-4-2-1-3-5-20/h1-13,15-16H,14H2,(H,29,31). The van der Waals surface area contributed by atoms with Crippen LogP contribution in [-0.2, 0) is 11.3 Å². The van der Waals surface area contributed by atoms with Crippen molar-refractivity contribution in [2.45, 2.75) is 6.54 Å². The van der Waals surface area contributed by atoms with E-state index in [1.54, 1.807) is 36.4 Å². The second kappa shape index (κ2) is 9.51. The van der Waals surface area contributed by atoms with E-state index in [0.717, 1.165) is 16.9 Å². The number of nitrogens with zero attached hydrogens (tertiary/aromatic N) is 2. The van der Waals surface area contributed by atoms with E-state index in [1.165, 1.54) is 22.2 Å². The average Bonchev–Trinajstić information content (AvgIpc) is 3.28. The van der Waals surface area contributed by atoms with Gasteiger partial charge in [-0.3, -0.25) is 14.2 Å². The van der Waals surface area contributed by atoms with E-state index in [2.05, 4.69) is 10.3 Å². The highest BCUT2D eigenvalue weighted by Crippen LogP contribution is 2.31. The third kappa shape index (κ3) is 4.71. The minimum atomic E-state index is -0.325. The Morgan fingerprint density at radius 1 is 0.971 bits per heavy atom. The molecule has 2 aromatic heterocycles. The van der Waals surface area contributed by atoms with Crippen molar-refractivity contribution in [3.05, 3.63) is 106 Å². The first-order valence-electron chi connectivity index (χ1n) is 10.4. The number of para-hydroxylation sites is 1. The molecule has 6 nitrogen and oxygen atoms in total. The van der Waals surface area contributed by atoms with Crippen LogP contribution < -0.4 is 15.6 Å². The number of aromatic nitrogens is 2. The minimum absolute atomic E-state index is 0.141. The van der Waals surface area contributed by atoms with Crippen molar-refractivity contribution in [2.75, 3.05) is 5.32 Å². The Morgan fingerprint density at radius 3 is 2.41 bits per heavy atom. The molecular weight excluding hydrogens is 470 g/mol. The SMILES string of the molecule is O=C(Cn1cnc2c(-c3ccc(Cl)cc3)csc2c1=O)Nc1ccc(Oc2ccccc2)cc1. The lowest BCUT2D eigenvalue weighted by Gasteiger charge is -2.09. The van der Waals surface area contributed by atoms with Gasteiger partial charge in [-0.2, -0.15) is 0 Å². The van der Waals surface area contributed by atoms with Crippen LogP contribution in [-0.4, -0.2) is 15.5 Å². The van der Waals surface area contributed by atoms with E-state index in [1.807, 2.05) is 47.8 Å². The first-order valence-corrected chi connectivity index (χ1v) is 11.7. The van der Waals surface area contributed by atoms with E-state index in [9.17, 15) is 9.59 Å². The molecule has 1 amide bonds. The fourth-order valence-electron chi connectivity index (χ4n) is 3.47. The molecule has 5 rings (SSSR count). The number of carbonyl (C=O) groups excluding carboxylic acids is 1. The van der Waals surface area contributed by atoms with Gasteiger partial charge in [-0.05, 0) is 54.1 Å². The number of ether oxygens (including phenoxy) is 1. The van der Waals surface area contributed by atoms with Crippen molar-refractivity contribution in [3.63, 3.8) is 0 Å². The predicted octanol–water partition coefficient (Wildman–Crippen LogP) is 6.21. The minimum Gasteiger partial charge on any atom is -0.457 e. The molecule has 168 valence electrons. The number of fused-ring (bicyclic) bond motifs is 1. The number of nitrogens with one attached hydrogen (secondary N) is 1. The van der Waals surface area contributed by atoms with E-state index >= 15 is 0 Å². The summed E-state index contributed by atoms with van der Waals surface area (Å²) in [5.74, 6) is 1.06. The van der Waals surface area contributed by atoms with Crippen molar-refractivity contribution in [3.8, 4) is 22.6 Å². The smallest absolute Gasteiger partial charge is 0.271 e. The van der Waals surface area contributed by atoms with E-state index in [0.29, 0.717) is 26.7 Å². The zero-order valence-corrected chi connectivity index (χ0v) is 19.3. The molecule has 0 spiro atoms. The number of hydrogen-bond acceptors (Lipinski definition) is 5. The molecule has 0 radical (unpaired) electrons. The molecule has 2 heterocycles. The van der Waals surface area contributed by atoms with Gasteiger partial charge in [0.05, 0.1) is 11.8 Å². The molecule has 0 fully saturated rings. The molecule has 0 saturated heterocycles. The molecule has 3 aromatic carbocycles. The van der Waals surface area contributed by atoms with Crippen LogP contribution in [0.15, 0.2) is 95.4 Å². The van der Waals surface area contributed by atoms with Crippen LogP contribution in [0, 0.1) is 0 Å². The maximum Gasteiger partial charge on any atom is 0.271 e. The van der Waals surface area contributed by atoms with Gasteiger partial charge in [-0.25, -0.2) is 4.98 Å². The highest BCUT2D eigenvalue weighted by atomic mass is 35.5. The molecule has 0 atom stereocenters. The molecule has 0 bridgehead atoms. The maximum absolute atomic E-state index is 12.9. The number of hydrogen-bond donors (Lipinski definition) is 1. The van der Waals surface area contributed by atoms with Crippen LogP contribution in [0.2, 0.25) is 5.02 Å². The summed E-state index contributed by atoms with van der Waals surface area (Å²) in [6, 6.07) is 23.9. The molecular formula is C26H18ClN3O3S. The fraction of sp³-hybridized carbons (Fsp3) is 0.0385. The summed E-state index contributed by atoms with van der Waals surface area (Å²) in [4.78, 5) is 30.0. The number of anilines is 1. The van der Waals surface area contributed by atoms with E-state index in [-0.39, 0.29) is 18.0 Å². The predicted molar refractivity (Wildman–Crippen MR) is 136 cm³/mol. The summed E-state index contributed by atoms with van der Waals surface area (Å²) >= 11 is 7.29. The van der Waals surface area contributed by atoms with Crippen LogP contribution in [0.5, 0.6) is 11.5 Å². The Balaban J connectivity index is 1.28. The number of amides is 1. The van der Waals surface area contributed by atoms with Crippen LogP contribution in [0.4, 0.5) is 5.69 Å². The summed E-state index contributed by atoms with van der Waals surface area (Å²) in [5, 5.41) is 5.34. The lowest BCUT2D eigenvalue weighted by molar-refractivity contribution is -0.116. The van der Waals surface area contributed by atoms with Crippen LogP contribution >= 0.6 is 22.9 Å².